The number of carbonyl (C=O) groups is 2. The summed E-state index contributed by atoms with van der Waals surface area (Å²) in [6, 6.07) is 14.0. The van der Waals surface area contributed by atoms with Gasteiger partial charge in [-0.05, 0) is 49.4 Å². The number of nitrogens with zero attached hydrogens (tertiary/aromatic N) is 2. The van der Waals surface area contributed by atoms with Crippen LogP contribution >= 0.6 is 0 Å². The number of hydrogen-bond donors (Lipinski definition) is 1. The molecule has 1 saturated heterocycles. The van der Waals surface area contributed by atoms with Crippen LogP contribution in [0.2, 0.25) is 0 Å². The third kappa shape index (κ3) is 5.16. The van der Waals surface area contributed by atoms with Crippen LogP contribution < -0.4 is 15.0 Å². The van der Waals surface area contributed by atoms with Crippen LogP contribution in [-0.4, -0.2) is 55.5 Å². The average Bonchev–Trinajstić information content (AvgIpc) is 2.80. The maximum atomic E-state index is 13.8. The fourth-order valence-corrected chi connectivity index (χ4v) is 4.17. The Morgan fingerprint density at radius 2 is 1.77 bits per heavy atom. The molecule has 1 fully saturated rings. The monoisotopic (exact) mass is 425 g/mol. The van der Waals surface area contributed by atoms with Gasteiger partial charge in [0.15, 0.2) is 6.10 Å². The Bertz CT molecular complexity index is 930. The molecule has 6 nitrogen and oxygen atoms in total. The highest BCUT2D eigenvalue weighted by molar-refractivity contribution is 5.86. The van der Waals surface area contributed by atoms with Gasteiger partial charge in [0, 0.05) is 19.6 Å². The summed E-state index contributed by atoms with van der Waals surface area (Å²) in [5.74, 6) is 0.164. The number of nitrogens with one attached hydrogen (secondary N) is 1. The molecule has 0 bridgehead atoms. The Labute approximate surface area is 182 Å². The molecule has 1 atom stereocenters. The number of rotatable bonds is 6. The summed E-state index contributed by atoms with van der Waals surface area (Å²) in [6.07, 6.45) is 2.98. The number of benzene rings is 2. The van der Waals surface area contributed by atoms with Crippen LogP contribution in [0.1, 0.15) is 24.8 Å². The summed E-state index contributed by atoms with van der Waals surface area (Å²) >= 11 is 0. The van der Waals surface area contributed by atoms with E-state index < -0.39 is 6.10 Å². The zero-order valence-electron chi connectivity index (χ0n) is 17.6. The quantitative estimate of drug-likeness (QED) is 0.773. The molecule has 0 unspecified atom stereocenters. The lowest BCUT2D eigenvalue weighted by atomic mass is 10.1. The van der Waals surface area contributed by atoms with Crippen molar-refractivity contribution in [1.29, 1.82) is 0 Å². The number of fused-ring (bicyclic) bond motifs is 1. The number of piperidine rings is 1. The second kappa shape index (κ2) is 9.81. The number of halogens is 1. The van der Waals surface area contributed by atoms with Gasteiger partial charge in [0.05, 0.1) is 18.8 Å². The summed E-state index contributed by atoms with van der Waals surface area (Å²) in [5, 5.41) is 2.86. The molecule has 2 amide bonds. The number of para-hydroxylation sites is 2. The lowest BCUT2D eigenvalue weighted by molar-refractivity contribution is -0.139. The van der Waals surface area contributed by atoms with E-state index in [0.717, 1.165) is 38.0 Å². The summed E-state index contributed by atoms with van der Waals surface area (Å²) in [4.78, 5) is 29.3. The lowest BCUT2D eigenvalue weighted by Gasteiger charge is -2.38. The van der Waals surface area contributed by atoms with Gasteiger partial charge in [-0.25, -0.2) is 4.39 Å². The summed E-state index contributed by atoms with van der Waals surface area (Å²) in [7, 11) is 0. The van der Waals surface area contributed by atoms with E-state index >= 15 is 0 Å². The van der Waals surface area contributed by atoms with Crippen LogP contribution in [-0.2, 0) is 16.0 Å². The first-order chi connectivity index (χ1) is 15.1. The minimum atomic E-state index is -0.626. The van der Waals surface area contributed by atoms with Gasteiger partial charge in [-0.15, -0.1) is 0 Å². The number of hydrogen-bond acceptors (Lipinski definition) is 4. The first-order valence-corrected chi connectivity index (χ1v) is 10.9. The molecule has 2 aliphatic rings. The molecule has 0 aromatic heterocycles. The largest absolute Gasteiger partial charge is 0.477 e. The molecule has 4 rings (SSSR count). The maximum absolute atomic E-state index is 13.8. The molecule has 0 saturated carbocycles. The van der Waals surface area contributed by atoms with Crippen LogP contribution in [0.25, 0.3) is 0 Å². The zero-order valence-corrected chi connectivity index (χ0v) is 17.6. The van der Waals surface area contributed by atoms with Gasteiger partial charge < -0.3 is 19.9 Å². The summed E-state index contributed by atoms with van der Waals surface area (Å²) in [5.41, 5.74) is 1.38. The maximum Gasteiger partial charge on any atom is 0.265 e. The molecule has 0 radical (unpaired) electrons. The third-order valence-electron chi connectivity index (χ3n) is 5.81. The number of amides is 2. The van der Waals surface area contributed by atoms with Gasteiger partial charge in [0.1, 0.15) is 11.6 Å². The molecule has 2 aliphatic heterocycles. The van der Waals surface area contributed by atoms with E-state index in [9.17, 15) is 14.0 Å². The van der Waals surface area contributed by atoms with Crippen LogP contribution in [0.4, 0.5) is 10.1 Å². The number of likely N-dealkylation sites (tertiary alicyclic amines) is 1. The van der Waals surface area contributed by atoms with Crippen molar-refractivity contribution < 1.29 is 18.7 Å². The topological polar surface area (TPSA) is 61.9 Å². The minimum Gasteiger partial charge on any atom is -0.477 e. The van der Waals surface area contributed by atoms with Crippen molar-refractivity contribution in [2.24, 2.45) is 0 Å². The van der Waals surface area contributed by atoms with E-state index in [1.807, 2.05) is 34.1 Å². The predicted octanol–water partition coefficient (Wildman–Crippen LogP) is 2.76. The highest BCUT2D eigenvalue weighted by atomic mass is 19.1. The van der Waals surface area contributed by atoms with Gasteiger partial charge >= 0.3 is 0 Å². The molecule has 31 heavy (non-hydrogen) atoms. The van der Waals surface area contributed by atoms with Crippen LogP contribution in [0.3, 0.4) is 0 Å². The molecule has 164 valence electrons. The van der Waals surface area contributed by atoms with E-state index in [1.54, 1.807) is 18.2 Å². The Balaban J connectivity index is 1.38. The van der Waals surface area contributed by atoms with Crippen LogP contribution in [0.5, 0.6) is 5.75 Å². The van der Waals surface area contributed by atoms with Gasteiger partial charge in [-0.2, -0.15) is 0 Å². The molecule has 2 aromatic rings. The molecule has 0 spiro atoms. The highest BCUT2D eigenvalue weighted by Crippen LogP contribution is 2.33. The standard InChI is InChI=1S/C24H28FN3O3/c25-19-9-3-2-8-18(19)12-13-26-23(29)17-28-16-22(24(30)27-14-6-1-7-15-27)31-21-11-5-4-10-20(21)28/h2-5,8-11,22H,1,6-7,12-17H2,(H,26,29)/t22-/m1/s1. The molecule has 2 aromatic carbocycles. The molecule has 0 aliphatic carbocycles. The number of anilines is 1. The van der Waals surface area contributed by atoms with Crippen LogP contribution in [0, 0.1) is 5.82 Å². The molecular formula is C24H28FN3O3. The number of carbonyl (C=O) groups excluding carboxylic acids is 2. The fourth-order valence-electron chi connectivity index (χ4n) is 4.17. The summed E-state index contributed by atoms with van der Waals surface area (Å²) in [6.45, 7) is 2.31. The Morgan fingerprint density at radius 1 is 1.03 bits per heavy atom. The lowest BCUT2D eigenvalue weighted by Crippen LogP contribution is -2.53. The van der Waals surface area contributed by atoms with Crippen molar-refractivity contribution in [3.05, 3.63) is 59.9 Å². The van der Waals surface area contributed by atoms with Crippen LogP contribution in [0.15, 0.2) is 48.5 Å². The van der Waals surface area contributed by atoms with E-state index in [1.165, 1.54) is 6.07 Å². The molecule has 7 heteroatoms. The fraction of sp³-hybridized carbons (Fsp3) is 0.417. The number of ether oxygens (including phenoxy) is 1. The van der Waals surface area contributed by atoms with E-state index in [-0.39, 0.29) is 24.2 Å². The van der Waals surface area contributed by atoms with Crippen molar-refractivity contribution >= 4 is 17.5 Å². The first kappa shape index (κ1) is 21.2. The van der Waals surface area contributed by atoms with Gasteiger partial charge in [-0.1, -0.05) is 30.3 Å². The normalized spacial score (nSPS) is 18.2. The molecular weight excluding hydrogens is 397 g/mol. The first-order valence-electron chi connectivity index (χ1n) is 10.9. The Hall–Kier alpha value is -3.09. The molecule has 2 heterocycles. The van der Waals surface area contributed by atoms with Gasteiger partial charge in [-0.3, -0.25) is 9.59 Å². The van der Waals surface area contributed by atoms with Crippen molar-refractivity contribution in [2.75, 3.05) is 37.6 Å². The van der Waals surface area contributed by atoms with E-state index in [4.69, 9.17) is 4.74 Å². The highest BCUT2D eigenvalue weighted by Gasteiger charge is 2.34. The van der Waals surface area contributed by atoms with Crippen molar-refractivity contribution in [3.8, 4) is 5.75 Å². The van der Waals surface area contributed by atoms with Crippen molar-refractivity contribution in [3.63, 3.8) is 0 Å². The van der Waals surface area contributed by atoms with Crippen molar-refractivity contribution in [2.45, 2.75) is 31.8 Å². The SMILES string of the molecule is O=C(CN1C[C@H](C(=O)N2CCCCC2)Oc2ccccc21)NCCc1ccccc1F. The Kier molecular flexibility index (Phi) is 6.70. The second-order valence-corrected chi connectivity index (χ2v) is 8.03. The minimum absolute atomic E-state index is 0.0147. The van der Waals surface area contributed by atoms with E-state index in [2.05, 4.69) is 5.32 Å². The smallest absolute Gasteiger partial charge is 0.265 e. The predicted molar refractivity (Wildman–Crippen MR) is 117 cm³/mol. The van der Waals surface area contributed by atoms with Gasteiger partial charge in [0.25, 0.3) is 5.91 Å². The second-order valence-electron chi connectivity index (χ2n) is 8.03. The zero-order chi connectivity index (χ0) is 21.6. The summed E-state index contributed by atoms with van der Waals surface area (Å²) < 4.78 is 19.8. The molecule has 1 N–H and O–H groups in total. The van der Waals surface area contributed by atoms with E-state index in [0.29, 0.717) is 30.8 Å². The third-order valence-corrected chi connectivity index (χ3v) is 5.81. The average molecular weight is 426 g/mol. The van der Waals surface area contributed by atoms with Gasteiger partial charge in [0.2, 0.25) is 5.91 Å². The van der Waals surface area contributed by atoms with Crippen molar-refractivity contribution in [1.82, 2.24) is 10.2 Å². The Morgan fingerprint density at radius 3 is 2.58 bits per heavy atom.